The molecule has 2 N–H and O–H groups in total. The molecule has 0 aromatic carbocycles. The number of aromatic amines is 1. The fraction of sp³-hybridized carbons (Fsp3) is 0.444. The van der Waals surface area contributed by atoms with Gasteiger partial charge < -0.3 is 5.11 Å². The molecule has 0 aliphatic carbocycles. The highest BCUT2D eigenvalue weighted by Gasteiger charge is 2.08. The van der Waals surface area contributed by atoms with E-state index in [4.69, 9.17) is 5.11 Å². The van der Waals surface area contributed by atoms with Crippen LogP contribution in [-0.2, 0) is 17.8 Å². The first-order valence-electron chi connectivity index (χ1n) is 4.59. The third kappa shape index (κ3) is 2.80. The van der Waals surface area contributed by atoms with Crippen molar-refractivity contribution in [3.63, 3.8) is 0 Å². The molecule has 1 aromatic rings. The fourth-order valence-electron chi connectivity index (χ4n) is 1.34. The fourth-order valence-corrected chi connectivity index (χ4v) is 1.34. The maximum atomic E-state index is 11.3. The van der Waals surface area contributed by atoms with E-state index < -0.39 is 17.2 Å². The number of carbonyl (C=O) groups is 1. The van der Waals surface area contributed by atoms with E-state index in [0.29, 0.717) is 13.0 Å². The summed E-state index contributed by atoms with van der Waals surface area (Å²) in [5, 5.41) is 8.61. The van der Waals surface area contributed by atoms with Gasteiger partial charge in [0.05, 0.1) is 6.42 Å². The minimum atomic E-state index is -1.06. The summed E-state index contributed by atoms with van der Waals surface area (Å²) < 4.78 is 1.27. The second-order valence-corrected chi connectivity index (χ2v) is 3.15. The summed E-state index contributed by atoms with van der Waals surface area (Å²) in [6.45, 7) is 2.26. The highest BCUT2D eigenvalue weighted by atomic mass is 16.4. The molecule has 0 atom stereocenters. The Kier molecular flexibility index (Phi) is 3.43. The van der Waals surface area contributed by atoms with Gasteiger partial charge in [0.25, 0.3) is 5.56 Å². The van der Waals surface area contributed by atoms with Crippen LogP contribution in [0.5, 0.6) is 0 Å². The van der Waals surface area contributed by atoms with Crippen molar-refractivity contribution in [2.24, 2.45) is 0 Å². The standard InChI is InChI=1S/C9H12N2O4/c1-2-3-11-6(5-8(13)14)4-7(12)10-9(11)15/h4H,2-3,5H2,1H3,(H,13,14)(H,10,12,15). The van der Waals surface area contributed by atoms with Gasteiger partial charge in [-0.3, -0.25) is 19.1 Å². The van der Waals surface area contributed by atoms with E-state index in [1.807, 2.05) is 6.92 Å². The number of carboxylic acids is 1. The minimum Gasteiger partial charge on any atom is -0.481 e. The topological polar surface area (TPSA) is 92.2 Å². The van der Waals surface area contributed by atoms with Gasteiger partial charge in [0.15, 0.2) is 0 Å². The SMILES string of the molecule is CCCn1c(CC(=O)O)cc(=O)[nH]c1=O. The molecule has 0 saturated carbocycles. The Bertz CT molecular complexity index is 472. The van der Waals surface area contributed by atoms with Crippen molar-refractivity contribution in [2.75, 3.05) is 0 Å². The molecule has 82 valence electrons. The molecule has 15 heavy (non-hydrogen) atoms. The highest BCUT2D eigenvalue weighted by molar-refractivity contribution is 5.69. The Balaban J connectivity index is 3.26. The number of rotatable bonds is 4. The number of aliphatic carboxylic acids is 1. The van der Waals surface area contributed by atoms with Crippen molar-refractivity contribution in [3.05, 3.63) is 32.6 Å². The summed E-state index contributed by atoms with van der Waals surface area (Å²) >= 11 is 0. The lowest BCUT2D eigenvalue weighted by molar-refractivity contribution is -0.136. The predicted molar refractivity (Wildman–Crippen MR) is 53.0 cm³/mol. The zero-order valence-corrected chi connectivity index (χ0v) is 8.32. The lowest BCUT2D eigenvalue weighted by Crippen LogP contribution is -2.32. The van der Waals surface area contributed by atoms with Crippen molar-refractivity contribution in [2.45, 2.75) is 26.3 Å². The molecule has 0 radical (unpaired) electrons. The summed E-state index contributed by atoms with van der Waals surface area (Å²) in [5.41, 5.74) is -0.887. The molecular weight excluding hydrogens is 200 g/mol. The second kappa shape index (κ2) is 4.59. The van der Waals surface area contributed by atoms with Crippen LogP contribution in [-0.4, -0.2) is 20.6 Å². The van der Waals surface area contributed by atoms with E-state index in [1.165, 1.54) is 4.57 Å². The quantitative estimate of drug-likeness (QED) is 0.708. The maximum absolute atomic E-state index is 11.3. The van der Waals surface area contributed by atoms with E-state index in [-0.39, 0.29) is 12.1 Å². The van der Waals surface area contributed by atoms with Crippen molar-refractivity contribution in [1.82, 2.24) is 9.55 Å². The van der Waals surface area contributed by atoms with Crippen LogP contribution in [0.3, 0.4) is 0 Å². The summed E-state index contributed by atoms with van der Waals surface area (Å²) in [4.78, 5) is 35.0. The maximum Gasteiger partial charge on any atom is 0.328 e. The average Bonchev–Trinajstić information content (AvgIpc) is 2.10. The number of nitrogens with one attached hydrogen (secondary N) is 1. The van der Waals surface area contributed by atoms with Crippen LogP contribution >= 0.6 is 0 Å². The molecule has 6 heteroatoms. The van der Waals surface area contributed by atoms with Crippen molar-refractivity contribution >= 4 is 5.97 Å². The molecule has 0 unspecified atom stereocenters. The van der Waals surface area contributed by atoms with E-state index in [2.05, 4.69) is 4.98 Å². The summed E-state index contributed by atoms with van der Waals surface area (Å²) in [6.07, 6.45) is 0.373. The van der Waals surface area contributed by atoms with Gasteiger partial charge in [-0.1, -0.05) is 6.92 Å². The first-order valence-corrected chi connectivity index (χ1v) is 4.59. The van der Waals surface area contributed by atoms with Gasteiger partial charge in [-0.15, -0.1) is 0 Å². The number of aromatic nitrogens is 2. The smallest absolute Gasteiger partial charge is 0.328 e. The van der Waals surface area contributed by atoms with Crippen molar-refractivity contribution in [3.8, 4) is 0 Å². The molecular formula is C9H12N2O4. The average molecular weight is 212 g/mol. The van der Waals surface area contributed by atoms with Gasteiger partial charge in [-0.05, 0) is 6.42 Å². The minimum absolute atomic E-state index is 0.234. The molecule has 0 fully saturated rings. The van der Waals surface area contributed by atoms with Crippen LogP contribution in [0.25, 0.3) is 0 Å². The summed E-state index contributed by atoms with van der Waals surface area (Å²) in [7, 11) is 0. The number of H-pyrrole nitrogens is 1. The first kappa shape index (κ1) is 11.2. The van der Waals surface area contributed by atoms with Crippen molar-refractivity contribution in [1.29, 1.82) is 0 Å². The lowest BCUT2D eigenvalue weighted by atomic mass is 10.3. The molecule has 1 heterocycles. The molecule has 6 nitrogen and oxygen atoms in total. The van der Waals surface area contributed by atoms with Gasteiger partial charge in [0, 0.05) is 18.3 Å². The van der Waals surface area contributed by atoms with E-state index in [9.17, 15) is 14.4 Å². The van der Waals surface area contributed by atoms with Crippen LogP contribution in [0.4, 0.5) is 0 Å². The Labute approximate surface area is 85.2 Å². The molecule has 0 saturated heterocycles. The molecule has 0 aliphatic heterocycles. The number of hydrogen-bond acceptors (Lipinski definition) is 3. The van der Waals surface area contributed by atoms with E-state index in [0.717, 1.165) is 6.07 Å². The van der Waals surface area contributed by atoms with Crippen LogP contribution < -0.4 is 11.2 Å². The summed E-state index contributed by atoms with van der Waals surface area (Å²) in [6, 6.07) is 1.14. The van der Waals surface area contributed by atoms with E-state index in [1.54, 1.807) is 0 Å². The molecule has 0 spiro atoms. The van der Waals surface area contributed by atoms with Crippen LogP contribution in [0, 0.1) is 0 Å². The third-order valence-corrected chi connectivity index (χ3v) is 1.90. The van der Waals surface area contributed by atoms with Gasteiger partial charge in [0.1, 0.15) is 0 Å². The zero-order valence-electron chi connectivity index (χ0n) is 8.32. The monoisotopic (exact) mass is 212 g/mol. The summed E-state index contributed by atoms with van der Waals surface area (Å²) in [5.74, 6) is -1.06. The number of nitrogens with zero attached hydrogens (tertiary/aromatic N) is 1. The van der Waals surface area contributed by atoms with E-state index >= 15 is 0 Å². The van der Waals surface area contributed by atoms with Crippen LogP contribution in [0.15, 0.2) is 15.7 Å². The molecule has 0 aliphatic rings. The Morgan fingerprint density at radius 3 is 2.73 bits per heavy atom. The largest absolute Gasteiger partial charge is 0.481 e. The Hall–Kier alpha value is -1.85. The molecule has 0 amide bonds. The highest BCUT2D eigenvalue weighted by Crippen LogP contribution is 1.96. The Morgan fingerprint density at radius 2 is 2.20 bits per heavy atom. The predicted octanol–water partition coefficient (Wildman–Crippen LogP) is -0.426. The lowest BCUT2D eigenvalue weighted by Gasteiger charge is -2.08. The van der Waals surface area contributed by atoms with Crippen molar-refractivity contribution < 1.29 is 9.90 Å². The van der Waals surface area contributed by atoms with Crippen LogP contribution in [0.2, 0.25) is 0 Å². The third-order valence-electron chi connectivity index (χ3n) is 1.90. The van der Waals surface area contributed by atoms with Gasteiger partial charge in [0.2, 0.25) is 0 Å². The van der Waals surface area contributed by atoms with Gasteiger partial charge >= 0.3 is 11.7 Å². The number of hydrogen-bond donors (Lipinski definition) is 2. The molecule has 0 bridgehead atoms. The second-order valence-electron chi connectivity index (χ2n) is 3.15. The molecule has 1 rings (SSSR count). The molecule has 1 aromatic heterocycles. The Morgan fingerprint density at radius 1 is 1.53 bits per heavy atom. The number of carboxylic acid groups (broad SMARTS) is 1. The zero-order chi connectivity index (χ0) is 11.4. The van der Waals surface area contributed by atoms with Gasteiger partial charge in [-0.25, -0.2) is 4.79 Å². The van der Waals surface area contributed by atoms with Crippen LogP contribution in [0.1, 0.15) is 19.0 Å². The normalized spacial score (nSPS) is 10.2. The van der Waals surface area contributed by atoms with Gasteiger partial charge in [-0.2, -0.15) is 0 Å². The first-order chi connectivity index (χ1) is 7.04.